The van der Waals surface area contributed by atoms with Crippen LogP contribution in [0.3, 0.4) is 0 Å². The Bertz CT molecular complexity index is 591. The number of methoxy groups -OCH3 is 2. The molecule has 0 bridgehead atoms. The highest BCUT2D eigenvalue weighted by atomic mass is 16.5. The van der Waals surface area contributed by atoms with Gasteiger partial charge in [0.2, 0.25) is 5.91 Å². The molecule has 1 aromatic carbocycles. The van der Waals surface area contributed by atoms with Crippen LogP contribution < -0.4 is 9.47 Å². The number of amides is 1. The molecule has 1 aliphatic rings. The molecule has 1 saturated heterocycles. The number of benzene rings is 1. The molecule has 0 saturated carbocycles. The molecule has 1 aliphatic heterocycles. The Hall–Kier alpha value is -2.08. The largest absolute Gasteiger partial charge is 0.493 e. The minimum atomic E-state index is -0.0846. The lowest BCUT2D eigenvalue weighted by Gasteiger charge is -2.35. The minimum Gasteiger partial charge on any atom is -0.493 e. The molecule has 1 amide bonds. The molecule has 1 aromatic rings. The number of ketones is 1. The van der Waals surface area contributed by atoms with Gasteiger partial charge in [-0.05, 0) is 32.0 Å². The molecule has 132 valence electrons. The van der Waals surface area contributed by atoms with Gasteiger partial charge in [-0.15, -0.1) is 0 Å². The maximum absolute atomic E-state index is 12.3. The third-order valence-corrected chi connectivity index (χ3v) is 4.04. The summed E-state index contributed by atoms with van der Waals surface area (Å²) >= 11 is 0. The van der Waals surface area contributed by atoms with Crippen LogP contribution in [-0.2, 0) is 9.53 Å². The zero-order chi connectivity index (χ0) is 17.7. The first kappa shape index (κ1) is 18.3. The molecule has 0 N–H and O–H groups in total. The zero-order valence-electron chi connectivity index (χ0n) is 14.7. The van der Waals surface area contributed by atoms with Crippen LogP contribution in [0.15, 0.2) is 18.2 Å². The van der Waals surface area contributed by atoms with E-state index in [2.05, 4.69) is 0 Å². The van der Waals surface area contributed by atoms with Gasteiger partial charge in [0.25, 0.3) is 0 Å². The summed E-state index contributed by atoms with van der Waals surface area (Å²) in [6.07, 6.45) is 0.430. The van der Waals surface area contributed by atoms with E-state index in [0.29, 0.717) is 30.2 Å². The zero-order valence-corrected chi connectivity index (χ0v) is 14.7. The third kappa shape index (κ3) is 4.47. The van der Waals surface area contributed by atoms with Gasteiger partial charge in [-0.1, -0.05) is 0 Å². The highest BCUT2D eigenvalue weighted by molar-refractivity contribution is 5.98. The van der Waals surface area contributed by atoms with Crippen LogP contribution in [0.2, 0.25) is 0 Å². The predicted molar refractivity (Wildman–Crippen MR) is 89.7 cm³/mol. The molecule has 6 nitrogen and oxygen atoms in total. The quantitative estimate of drug-likeness (QED) is 0.747. The van der Waals surface area contributed by atoms with Crippen molar-refractivity contribution in [3.8, 4) is 11.5 Å². The number of Topliss-reactive ketones (excluding diaryl/α,β-unsaturated/α-hetero) is 1. The molecule has 0 spiro atoms. The number of morpholine rings is 1. The normalized spacial score (nSPS) is 20.6. The molecule has 0 aromatic heterocycles. The van der Waals surface area contributed by atoms with E-state index in [1.165, 1.54) is 7.11 Å². The second-order valence-corrected chi connectivity index (χ2v) is 6.05. The van der Waals surface area contributed by atoms with Gasteiger partial charge in [-0.25, -0.2) is 0 Å². The summed E-state index contributed by atoms with van der Waals surface area (Å²) in [5.41, 5.74) is 0.518. The van der Waals surface area contributed by atoms with Crippen molar-refractivity contribution in [1.29, 1.82) is 0 Å². The lowest BCUT2D eigenvalue weighted by Crippen LogP contribution is -2.48. The van der Waals surface area contributed by atoms with E-state index in [4.69, 9.17) is 14.2 Å². The lowest BCUT2D eigenvalue weighted by atomic mass is 10.1. The second kappa shape index (κ2) is 8.15. The van der Waals surface area contributed by atoms with Crippen molar-refractivity contribution >= 4 is 11.7 Å². The van der Waals surface area contributed by atoms with Crippen molar-refractivity contribution < 1.29 is 23.8 Å². The SMILES string of the molecule is COc1ccc(C(=O)CCC(=O)N2CC(C)OC(C)C2)cc1OC. The number of hydrogen-bond donors (Lipinski definition) is 0. The van der Waals surface area contributed by atoms with Gasteiger partial charge in [-0.3, -0.25) is 9.59 Å². The first-order valence-electron chi connectivity index (χ1n) is 8.13. The Kier molecular flexibility index (Phi) is 6.20. The maximum atomic E-state index is 12.3. The Morgan fingerprint density at radius 3 is 2.29 bits per heavy atom. The van der Waals surface area contributed by atoms with Crippen LogP contribution in [0.5, 0.6) is 11.5 Å². The molecule has 1 fully saturated rings. The Labute approximate surface area is 142 Å². The highest BCUT2D eigenvalue weighted by Crippen LogP contribution is 2.28. The fourth-order valence-electron chi connectivity index (χ4n) is 2.91. The molecular formula is C18H25NO5. The standard InChI is InChI=1S/C18H25NO5/c1-12-10-19(11-13(2)24-12)18(21)8-6-15(20)14-5-7-16(22-3)17(9-14)23-4/h5,7,9,12-13H,6,8,10-11H2,1-4H3. The fraction of sp³-hybridized carbons (Fsp3) is 0.556. The number of ether oxygens (including phenoxy) is 3. The van der Waals surface area contributed by atoms with Gasteiger partial charge >= 0.3 is 0 Å². The summed E-state index contributed by atoms with van der Waals surface area (Å²) in [7, 11) is 3.07. The van der Waals surface area contributed by atoms with Crippen molar-refractivity contribution in [3.63, 3.8) is 0 Å². The van der Waals surface area contributed by atoms with Crippen molar-refractivity contribution in [1.82, 2.24) is 4.90 Å². The van der Waals surface area contributed by atoms with Gasteiger partial charge < -0.3 is 19.1 Å². The number of hydrogen-bond acceptors (Lipinski definition) is 5. The monoisotopic (exact) mass is 335 g/mol. The molecule has 0 aliphatic carbocycles. The molecule has 0 radical (unpaired) electrons. The van der Waals surface area contributed by atoms with Crippen LogP contribution in [0.1, 0.15) is 37.0 Å². The van der Waals surface area contributed by atoms with Crippen molar-refractivity contribution in [2.75, 3.05) is 27.3 Å². The Morgan fingerprint density at radius 1 is 1.08 bits per heavy atom. The molecule has 2 unspecified atom stereocenters. The molecular weight excluding hydrogens is 310 g/mol. The third-order valence-electron chi connectivity index (χ3n) is 4.04. The van der Waals surface area contributed by atoms with E-state index >= 15 is 0 Å². The van der Waals surface area contributed by atoms with E-state index in [0.717, 1.165) is 0 Å². The van der Waals surface area contributed by atoms with Crippen molar-refractivity contribution in [3.05, 3.63) is 23.8 Å². The van der Waals surface area contributed by atoms with Gasteiger partial charge in [0, 0.05) is 31.5 Å². The van der Waals surface area contributed by atoms with Crippen LogP contribution in [0, 0.1) is 0 Å². The number of rotatable bonds is 6. The highest BCUT2D eigenvalue weighted by Gasteiger charge is 2.26. The molecule has 2 rings (SSSR count). The first-order chi connectivity index (χ1) is 11.4. The predicted octanol–water partition coefficient (Wildman–Crippen LogP) is 2.30. The number of carbonyl (C=O) groups excluding carboxylic acids is 2. The van der Waals surface area contributed by atoms with Gasteiger partial charge in [-0.2, -0.15) is 0 Å². The summed E-state index contributed by atoms with van der Waals surface area (Å²) in [5, 5.41) is 0. The molecule has 1 heterocycles. The summed E-state index contributed by atoms with van der Waals surface area (Å²) < 4.78 is 16.0. The lowest BCUT2D eigenvalue weighted by molar-refractivity contribution is -0.143. The van der Waals surface area contributed by atoms with E-state index in [1.807, 2.05) is 13.8 Å². The van der Waals surface area contributed by atoms with Gasteiger partial charge in [0.15, 0.2) is 17.3 Å². The van der Waals surface area contributed by atoms with Gasteiger partial charge in [0.05, 0.1) is 26.4 Å². The Morgan fingerprint density at radius 2 is 1.71 bits per heavy atom. The second-order valence-electron chi connectivity index (χ2n) is 6.05. The van der Waals surface area contributed by atoms with Crippen LogP contribution in [0.25, 0.3) is 0 Å². The van der Waals surface area contributed by atoms with E-state index in [9.17, 15) is 9.59 Å². The van der Waals surface area contributed by atoms with E-state index < -0.39 is 0 Å². The summed E-state index contributed by atoms with van der Waals surface area (Å²) in [5.74, 6) is 0.983. The summed E-state index contributed by atoms with van der Waals surface area (Å²) in [6.45, 7) is 5.05. The maximum Gasteiger partial charge on any atom is 0.223 e. The topological polar surface area (TPSA) is 65.1 Å². The van der Waals surface area contributed by atoms with Crippen molar-refractivity contribution in [2.45, 2.75) is 38.9 Å². The number of carbonyl (C=O) groups is 2. The van der Waals surface area contributed by atoms with E-state index in [1.54, 1.807) is 30.2 Å². The first-order valence-corrected chi connectivity index (χ1v) is 8.13. The van der Waals surface area contributed by atoms with Gasteiger partial charge in [0.1, 0.15) is 0 Å². The average Bonchev–Trinajstić information content (AvgIpc) is 2.57. The smallest absolute Gasteiger partial charge is 0.223 e. The van der Waals surface area contributed by atoms with Crippen LogP contribution in [-0.4, -0.2) is 56.1 Å². The van der Waals surface area contributed by atoms with Crippen molar-refractivity contribution in [2.24, 2.45) is 0 Å². The van der Waals surface area contributed by atoms with Crippen LogP contribution in [0.4, 0.5) is 0 Å². The summed E-state index contributed by atoms with van der Waals surface area (Å²) in [6, 6.07) is 5.02. The molecule has 6 heteroatoms. The summed E-state index contributed by atoms with van der Waals surface area (Å²) in [4.78, 5) is 26.4. The Balaban J connectivity index is 1.94. The molecule has 2 atom stereocenters. The fourth-order valence-corrected chi connectivity index (χ4v) is 2.91. The minimum absolute atomic E-state index is 0.00849. The van der Waals surface area contributed by atoms with E-state index in [-0.39, 0.29) is 36.7 Å². The van der Waals surface area contributed by atoms with Crippen LogP contribution >= 0.6 is 0 Å². The number of nitrogens with zero attached hydrogens (tertiary/aromatic N) is 1. The molecule has 24 heavy (non-hydrogen) atoms. The average molecular weight is 335 g/mol.